The molecule has 1 atom stereocenters. The molecule has 1 fully saturated rings. The predicted octanol–water partition coefficient (Wildman–Crippen LogP) is 1.05. The molecular formula is C7H13BO. The molecule has 1 rings (SSSR count). The standard InChI is InChI=1S/C7H13BO/c1-7(8,9)6-4-2-3-5-6/h6,9H,2-5H2,1H3. The maximum absolute atomic E-state index is 9.30. The minimum absolute atomic E-state index is 0.345. The Balaban J connectivity index is 2.42. The molecule has 50 valence electrons. The minimum atomic E-state index is -0.920. The van der Waals surface area contributed by atoms with Crippen LogP contribution in [0.3, 0.4) is 0 Å². The van der Waals surface area contributed by atoms with Crippen molar-refractivity contribution in [3.05, 3.63) is 0 Å². The fraction of sp³-hybridized carbons (Fsp3) is 1.00. The molecule has 2 heteroatoms. The first-order valence-corrected chi connectivity index (χ1v) is 3.62. The van der Waals surface area contributed by atoms with Crippen molar-refractivity contribution in [1.29, 1.82) is 0 Å². The van der Waals surface area contributed by atoms with Crippen LogP contribution in [0.4, 0.5) is 0 Å². The lowest BCUT2D eigenvalue weighted by Gasteiger charge is -2.25. The summed E-state index contributed by atoms with van der Waals surface area (Å²) >= 11 is 0. The van der Waals surface area contributed by atoms with E-state index in [-0.39, 0.29) is 0 Å². The number of hydrogen-bond acceptors (Lipinski definition) is 1. The Labute approximate surface area is 57.9 Å². The molecule has 0 spiro atoms. The molecule has 1 saturated carbocycles. The number of aliphatic hydroxyl groups is 1. The van der Waals surface area contributed by atoms with Crippen LogP contribution < -0.4 is 0 Å². The quantitative estimate of drug-likeness (QED) is 0.518. The van der Waals surface area contributed by atoms with Crippen LogP contribution in [0.2, 0.25) is 0 Å². The molecule has 0 aromatic rings. The summed E-state index contributed by atoms with van der Waals surface area (Å²) in [7, 11) is 5.50. The largest absolute Gasteiger partial charge is 0.400 e. The van der Waals surface area contributed by atoms with Crippen LogP contribution in [0.15, 0.2) is 0 Å². The Morgan fingerprint density at radius 3 is 2.11 bits per heavy atom. The zero-order valence-corrected chi connectivity index (χ0v) is 5.93. The van der Waals surface area contributed by atoms with Crippen LogP contribution >= 0.6 is 0 Å². The lowest BCUT2D eigenvalue weighted by atomic mass is 9.72. The Morgan fingerprint density at radius 1 is 1.44 bits per heavy atom. The fourth-order valence-corrected chi connectivity index (χ4v) is 1.51. The molecule has 0 amide bonds. The zero-order valence-electron chi connectivity index (χ0n) is 5.93. The van der Waals surface area contributed by atoms with E-state index in [1.165, 1.54) is 12.8 Å². The molecule has 0 aliphatic heterocycles. The van der Waals surface area contributed by atoms with Crippen LogP contribution in [-0.4, -0.2) is 18.5 Å². The number of rotatable bonds is 1. The minimum Gasteiger partial charge on any atom is -0.400 e. The molecular weight excluding hydrogens is 111 g/mol. The van der Waals surface area contributed by atoms with Crippen molar-refractivity contribution < 1.29 is 5.11 Å². The summed E-state index contributed by atoms with van der Waals surface area (Å²) in [6, 6.07) is 0. The van der Waals surface area contributed by atoms with E-state index < -0.39 is 5.50 Å². The summed E-state index contributed by atoms with van der Waals surface area (Å²) in [5.74, 6) is 0.345. The van der Waals surface area contributed by atoms with Crippen LogP contribution in [0.25, 0.3) is 0 Å². The highest BCUT2D eigenvalue weighted by atomic mass is 16.3. The zero-order chi connectivity index (χ0) is 6.91. The molecule has 1 aliphatic carbocycles. The van der Waals surface area contributed by atoms with Gasteiger partial charge in [0.1, 0.15) is 7.85 Å². The summed E-state index contributed by atoms with van der Waals surface area (Å²) in [5.41, 5.74) is -0.920. The van der Waals surface area contributed by atoms with E-state index >= 15 is 0 Å². The molecule has 2 radical (unpaired) electrons. The van der Waals surface area contributed by atoms with E-state index in [1.54, 1.807) is 6.92 Å². The first kappa shape index (κ1) is 7.14. The maximum atomic E-state index is 9.30. The average Bonchev–Trinajstić information content (AvgIpc) is 2.08. The Morgan fingerprint density at radius 2 is 1.89 bits per heavy atom. The van der Waals surface area contributed by atoms with Crippen molar-refractivity contribution in [2.24, 2.45) is 5.92 Å². The van der Waals surface area contributed by atoms with Crippen LogP contribution in [0.5, 0.6) is 0 Å². The summed E-state index contributed by atoms with van der Waals surface area (Å²) in [5, 5.41) is 9.30. The molecule has 0 heterocycles. The third kappa shape index (κ3) is 1.72. The van der Waals surface area contributed by atoms with E-state index in [2.05, 4.69) is 0 Å². The normalized spacial score (nSPS) is 28.2. The lowest BCUT2D eigenvalue weighted by molar-refractivity contribution is 0.0839. The van der Waals surface area contributed by atoms with Gasteiger partial charge in [-0.1, -0.05) is 12.8 Å². The molecule has 0 saturated heterocycles. The van der Waals surface area contributed by atoms with Gasteiger partial charge in [-0.2, -0.15) is 0 Å². The second-order valence-corrected chi connectivity index (χ2v) is 3.21. The maximum Gasteiger partial charge on any atom is 0.113 e. The molecule has 0 aromatic carbocycles. The van der Waals surface area contributed by atoms with Gasteiger partial charge >= 0.3 is 0 Å². The SMILES string of the molecule is [B]C(C)(O)C1CCCC1. The van der Waals surface area contributed by atoms with Crippen molar-refractivity contribution in [1.82, 2.24) is 0 Å². The third-order valence-corrected chi connectivity index (χ3v) is 2.18. The van der Waals surface area contributed by atoms with E-state index in [0.717, 1.165) is 12.8 Å². The monoisotopic (exact) mass is 124 g/mol. The molecule has 0 aromatic heterocycles. The van der Waals surface area contributed by atoms with Gasteiger partial charge in [0.2, 0.25) is 0 Å². The van der Waals surface area contributed by atoms with E-state index in [4.69, 9.17) is 7.85 Å². The van der Waals surface area contributed by atoms with Crippen molar-refractivity contribution in [2.75, 3.05) is 0 Å². The van der Waals surface area contributed by atoms with Crippen molar-refractivity contribution >= 4 is 7.85 Å². The lowest BCUT2D eigenvalue weighted by Crippen LogP contribution is -2.32. The molecule has 1 N–H and O–H groups in total. The van der Waals surface area contributed by atoms with Gasteiger partial charge in [-0.3, -0.25) is 0 Å². The highest BCUT2D eigenvalue weighted by Gasteiger charge is 2.28. The van der Waals surface area contributed by atoms with Crippen molar-refractivity contribution in [3.63, 3.8) is 0 Å². The van der Waals surface area contributed by atoms with Gasteiger partial charge in [-0.05, 0) is 25.7 Å². The summed E-state index contributed by atoms with van der Waals surface area (Å²) < 4.78 is 0. The third-order valence-electron chi connectivity index (χ3n) is 2.18. The number of hydrogen-bond donors (Lipinski definition) is 1. The van der Waals surface area contributed by atoms with Gasteiger partial charge < -0.3 is 5.11 Å². The van der Waals surface area contributed by atoms with Crippen LogP contribution in [0.1, 0.15) is 32.6 Å². The van der Waals surface area contributed by atoms with Crippen LogP contribution in [0, 0.1) is 5.92 Å². The second-order valence-electron chi connectivity index (χ2n) is 3.21. The second kappa shape index (κ2) is 2.33. The summed E-state index contributed by atoms with van der Waals surface area (Å²) in [6.45, 7) is 1.70. The molecule has 1 unspecified atom stereocenters. The highest BCUT2D eigenvalue weighted by Crippen LogP contribution is 2.31. The molecule has 0 bridgehead atoms. The first-order chi connectivity index (χ1) is 4.11. The van der Waals surface area contributed by atoms with E-state index in [9.17, 15) is 5.11 Å². The Kier molecular flexibility index (Phi) is 1.85. The van der Waals surface area contributed by atoms with Crippen molar-refractivity contribution in [3.8, 4) is 0 Å². The Hall–Kier alpha value is 0.0249. The Bertz CT molecular complexity index is 89.6. The topological polar surface area (TPSA) is 20.2 Å². The van der Waals surface area contributed by atoms with Gasteiger partial charge in [0.05, 0.1) is 0 Å². The van der Waals surface area contributed by atoms with E-state index in [0.29, 0.717) is 5.92 Å². The predicted molar refractivity (Wildman–Crippen MR) is 38.3 cm³/mol. The highest BCUT2D eigenvalue weighted by molar-refractivity contribution is 6.14. The van der Waals surface area contributed by atoms with Crippen LogP contribution in [-0.2, 0) is 0 Å². The van der Waals surface area contributed by atoms with E-state index in [1.807, 2.05) is 0 Å². The molecule has 1 nitrogen and oxygen atoms in total. The van der Waals surface area contributed by atoms with Gasteiger partial charge in [0.15, 0.2) is 0 Å². The van der Waals surface area contributed by atoms with Gasteiger partial charge in [0, 0.05) is 5.50 Å². The molecule has 9 heavy (non-hydrogen) atoms. The fourth-order valence-electron chi connectivity index (χ4n) is 1.51. The van der Waals surface area contributed by atoms with Crippen molar-refractivity contribution in [2.45, 2.75) is 38.1 Å². The first-order valence-electron chi connectivity index (χ1n) is 3.62. The average molecular weight is 124 g/mol. The molecule has 1 aliphatic rings. The van der Waals surface area contributed by atoms with Gasteiger partial charge in [-0.25, -0.2) is 0 Å². The van der Waals surface area contributed by atoms with Gasteiger partial charge in [-0.15, -0.1) is 0 Å². The summed E-state index contributed by atoms with van der Waals surface area (Å²) in [4.78, 5) is 0. The smallest absolute Gasteiger partial charge is 0.113 e. The summed E-state index contributed by atoms with van der Waals surface area (Å²) in [6.07, 6.45) is 4.67. The van der Waals surface area contributed by atoms with Gasteiger partial charge in [0.25, 0.3) is 0 Å².